The molecule has 0 aliphatic heterocycles. The van der Waals surface area contributed by atoms with E-state index in [0.717, 1.165) is 13.1 Å². The Morgan fingerprint density at radius 3 is 0.959 bits per heavy atom. The van der Waals surface area contributed by atoms with Gasteiger partial charge in [-0.3, -0.25) is 0 Å². The summed E-state index contributed by atoms with van der Waals surface area (Å²) in [5.74, 6) is 0. The van der Waals surface area contributed by atoms with Crippen molar-refractivity contribution in [3.05, 3.63) is 96.1 Å². The van der Waals surface area contributed by atoms with Crippen molar-refractivity contribution < 1.29 is 4.48 Å². The van der Waals surface area contributed by atoms with E-state index in [1.54, 1.807) is 0 Å². The van der Waals surface area contributed by atoms with Gasteiger partial charge in [-0.15, -0.1) is 0 Å². The predicted octanol–water partition coefficient (Wildman–Crippen LogP) is 15.5. The molecule has 2 aromatic rings. The maximum atomic E-state index is 2.42. The highest BCUT2D eigenvalue weighted by Gasteiger charge is 2.27. The largest absolute Gasteiger partial charge is 0.316 e. The van der Waals surface area contributed by atoms with E-state index in [9.17, 15) is 0 Å². The minimum absolute atomic E-state index is 1.16. The Labute approximate surface area is 306 Å². The molecular formula is C48H80N+. The molecule has 0 aliphatic rings. The first-order valence-electron chi connectivity index (χ1n) is 21.5. The fourth-order valence-electron chi connectivity index (χ4n) is 7.43. The van der Waals surface area contributed by atoms with Crippen molar-refractivity contribution in [2.45, 2.75) is 194 Å². The van der Waals surface area contributed by atoms with Crippen molar-refractivity contribution in [2.24, 2.45) is 0 Å². The molecule has 0 fully saturated rings. The summed E-state index contributed by atoms with van der Waals surface area (Å²) in [5.41, 5.74) is 3.01. The zero-order valence-corrected chi connectivity index (χ0v) is 32.7. The third-order valence-corrected chi connectivity index (χ3v) is 10.5. The van der Waals surface area contributed by atoms with Crippen LogP contribution in [0.2, 0.25) is 0 Å². The van der Waals surface area contributed by atoms with E-state index in [0.29, 0.717) is 0 Å². The molecule has 0 unspecified atom stereocenters. The van der Waals surface area contributed by atoms with Gasteiger partial charge < -0.3 is 4.48 Å². The molecule has 0 bridgehead atoms. The van der Waals surface area contributed by atoms with Crippen LogP contribution in [0.4, 0.5) is 0 Å². The first kappa shape index (κ1) is 43.0. The van der Waals surface area contributed by atoms with E-state index in [4.69, 9.17) is 0 Å². The molecule has 1 nitrogen and oxygen atoms in total. The molecular weight excluding hydrogens is 591 g/mol. The minimum Gasteiger partial charge on any atom is -0.316 e. The molecule has 0 atom stereocenters. The number of benzene rings is 2. The Morgan fingerprint density at radius 1 is 0.347 bits per heavy atom. The van der Waals surface area contributed by atoms with Crippen LogP contribution >= 0.6 is 0 Å². The van der Waals surface area contributed by atoms with Gasteiger partial charge in [0.25, 0.3) is 0 Å². The Morgan fingerprint density at radius 2 is 0.633 bits per heavy atom. The third-order valence-electron chi connectivity index (χ3n) is 10.5. The van der Waals surface area contributed by atoms with Gasteiger partial charge in [0.15, 0.2) is 0 Å². The molecule has 2 rings (SSSR count). The predicted molar refractivity (Wildman–Crippen MR) is 220 cm³/mol. The van der Waals surface area contributed by atoms with E-state index in [-0.39, 0.29) is 0 Å². The molecule has 0 aliphatic carbocycles. The molecule has 0 spiro atoms. The summed E-state index contributed by atoms with van der Waals surface area (Å²) in [6.45, 7) is 9.50. The second kappa shape index (κ2) is 31.8. The highest BCUT2D eigenvalue weighted by molar-refractivity contribution is 5.15. The first-order chi connectivity index (χ1) is 24.3. The van der Waals surface area contributed by atoms with Crippen LogP contribution in [0.3, 0.4) is 0 Å². The Balaban J connectivity index is 1.73. The maximum Gasteiger partial charge on any atom is 0.105 e. The minimum atomic E-state index is 1.16. The second-order valence-electron chi connectivity index (χ2n) is 15.2. The van der Waals surface area contributed by atoms with Crippen LogP contribution in [0.5, 0.6) is 0 Å². The monoisotopic (exact) mass is 671 g/mol. The zero-order chi connectivity index (χ0) is 34.8. The average Bonchev–Trinajstić information content (AvgIpc) is 3.12. The number of quaternary nitrogens is 1. The number of nitrogens with zero attached hydrogens (tertiary/aromatic N) is 1. The molecule has 0 N–H and O–H groups in total. The van der Waals surface area contributed by atoms with E-state index in [1.807, 2.05) is 0 Å². The van der Waals surface area contributed by atoms with E-state index >= 15 is 0 Å². The van der Waals surface area contributed by atoms with Crippen LogP contribution in [0.15, 0.2) is 85.0 Å². The SMILES string of the molecule is CCCC/C=C/CCCCCCCCCCC[N+](CCCCCCCCCCC/C=C/CCCC)(Cc1ccccc1)Cc1ccccc1. The molecule has 0 aromatic heterocycles. The molecule has 0 saturated carbocycles. The molecule has 49 heavy (non-hydrogen) atoms. The van der Waals surface area contributed by atoms with Crippen LogP contribution in [0.25, 0.3) is 0 Å². The van der Waals surface area contributed by atoms with Gasteiger partial charge in [0.1, 0.15) is 13.1 Å². The molecule has 276 valence electrons. The van der Waals surface area contributed by atoms with Crippen LogP contribution < -0.4 is 0 Å². The third kappa shape index (κ3) is 24.6. The van der Waals surface area contributed by atoms with Crippen molar-refractivity contribution in [1.29, 1.82) is 0 Å². The van der Waals surface area contributed by atoms with Crippen molar-refractivity contribution >= 4 is 0 Å². The van der Waals surface area contributed by atoms with Crippen LogP contribution in [0.1, 0.15) is 192 Å². The van der Waals surface area contributed by atoms with Gasteiger partial charge in [0, 0.05) is 11.1 Å². The lowest BCUT2D eigenvalue weighted by molar-refractivity contribution is -0.954. The Kier molecular flexibility index (Phi) is 28.0. The van der Waals surface area contributed by atoms with Crippen molar-refractivity contribution in [1.82, 2.24) is 0 Å². The average molecular weight is 671 g/mol. The first-order valence-corrected chi connectivity index (χ1v) is 21.5. The molecule has 2 aromatic carbocycles. The molecule has 0 radical (unpaired) electrons. The Hall–Kier alpha value is -2.12. The lowest BCUT2D eigenvalue weighted by Crippen LogP contribution is -2.48. The summed E-state index contributed by atoms with van der Waals surface area (Å²) < 4.78 is 1.22. The standard InChI is InChI=1S/C48H80N/c1-3-5-7-9-11-13-15-17-19-21-23-25-27-29-37-43-49(45-47-39-33-31-34-40-47,46-48-41-35-32-36-42-48)44-38-30-28-26-24-22-20-18-16-14-12-10-8-6-4-2/h9-12,31-36,39-42H,3-8,13-30,37-38,43-46H2,1-2H3/q+1/b11-9+,12-10+. The topological polar surface area (TPSA) is 0 Å². The summed E-state index contributed by atoms with van der Waals surface area (Å²) in [6.07, 6.45) is 45.4. The summed E-state index contributed by atoms with van der Waals surface area (Å²) in [4.78, 5) is 0. The van der Waals surface area contributed by atoms with Gasteiger partial charge in [-0.25, -0.2) is 0 Å². The number of rotatable bonds is 34. The number of unbranched alkanes of at least 4 members (excludes halogenated alkanes) is 22. The van der Waals surface area contributed by atoms with Gasteiger partial charge in [-0.1, -0.05) is 202 Å². The lowest BCUT2D eigenvalue weighted by Gasteiger charge is -2.39. The highest BCUT2D eigenvalue weighted by Crippen LogP contribution is 2.24. The van der Waals surface area contributed by atoms with Gasteiger partial charge in [-0.05, 0) is 64.2 Å². The Bertz CT molecular complexity index is 922. The summed E-state index contributed by atoms with van der Waals surface area (Å²) in [6, 6.07) is 22.8. The summed E-state index contributed by atoms with van der Waals surface area (Å²) >= 11 is 0. The van der Waals surface area contributed by atoms with Crippen LogP contribution in [-0.4, -0.2) is 17.6 Å². The van der Waals surface area contributed by atoms with Crippen LogP contribution in [0, 0.1) is 0 Å². The van der Waals surface area contributed by atoms with Crippen molar-refractivity contribution in [3.8, 4) is 0 Å². The quantitative estimate of drug-likeness (QED) is 0.0395. The molecule has 0 amide bonds. The number of allylic oxidation sites excluding steroid dienone is 4. The molecule has 0 saturated heterocycles. The summed E-state index contributed by atoms with van der Waals surface area (Å²) in [7, 11) is 0. The molecule has 0 heterocycles. The lowest BCUT2D eigenvalue weighted by atomic mass is 10.0. The number of hydrogen-bond acceptors (Lipinski definition) is 0. The smallest absolute Gasteiger partial charge is 0.105 e. The highest BCUT2D eigenvalue weighted by atomic mass is 15.3. The summed E-state index contributed by atoms with van der Waals surface area (Å²) in [5, 5.41) is 0. The van der Waals surface area contributed by atoms with E-state index < -0.39 is 0 Å². The fourth-order valence-corrected chi connectivity index (χ4v) is 7.43. The van der Waals surface area contributed by atoms with Gasteiger partial charge >= 0.3 is 0 Å². The van der Waals surface area contributed by atoms with Gasteiger partial charge in [-0.2, -0.15) is 0 Å². The van der Waals surface area contributed by atoms with E-state index in [2.05, 4.69) is 98.8 Å². The number of hydrogen-bond donors (Lipinski definition) is 0. The van der Waals surface area contributed by atoms with Gasteiger partial charge in [0.2, 0.25) is 0 Å². The zero-order valence-electron chi connectivity index (χ0n) is 32.7. The fraction of sp³-hybridized carbons (Fsp3) is 0.667. The molecule has 1 heteroatoms. The maximum absolute atomic E-state index is 2.42. The second-order valence-corrected chi connectivity index (χ2v) is 15.2. The van der Waals surface area contributed by atoms with E-state index in [1.165, 1.54) is 196 Å². The van der Waals surface area contributed by atoms with Gasteiger partial charge in [0.05, 0.1) is 13.1 Å². The normalized spacial score (nSPS) is 12.1. The van der Waals surface area contributed by atoms with Crippen molar-refractivity contribution in [2.75, 3.05) is 13.1 Å². The van der Waals surface area contributed by atoms with Crippen LogP contribution in [-0.2, 0) is 13.1 Å². The van der Waals surface area contributed by atoms with Crippen molar-refractivity contribution in [3.63, 3.8) is 0 Å².